The normalized spacial score (nSPS) is 47.5. The van der Waals surface area contributed by atoms with Gasteiger partial charge in [-0.25, -0.2) is 0 Å². The molecule has 3 nitrogen and oxygen atoms in total. The van der Waals surface area contributed by atoms with E-state index in [0.717, 1.165) is 4.47 Å². The summed E-state index contributed by atoms with van der Waals surface area (Å²) in [5.41, 5.74) is 0.550. The molecule has 4 aliphatic carbocycles. The molecule has 0 unspecified atom stereocenters. The van der Waals surface area contributed by atoms with Crippen LogP contribution < -0.4 is 4.90 Å². The van der Waals surface area contributed by atoms with Gasteiger partial charge in [0, 0.05) is 4.47 Å². The number of hydrogen-bond acceptors (Lipinski definition) is 2. The summed E-state index contributed by atoms with van der Waals surface area (Å²) in [4.78, 5) is 25.4. The van der Waals surface area contributed by atoms with Gasteiger partial charge in [-0.05, 0) is 54.4 Å². The fourth-order valence-electron chi connectivity index (χ4n) is 6.99. The Morgan fingerprint density at radius 1 is 0.833 bits per heavy atom. The summed E-state index contributed by atoms with van der Waals surface area (Å²) in [5.74, 6) is -2.49. The van der Waals surface area contributed by atoms with Crippen LogP contribution in [0.1, 0.15) is 6.42 Å². The van der Waals surface area contributed by atoms with E-state index in [9.17, 15) is 9.59 Å². The van der Waals surface area contributed by atoms with Gasteiger partial charge in [0.05, 0.1) is 27.6 Å². The first-order chi connectivity index (χ1) is 14.0. The molecule has 10 heteroatoms. The van der Waals surface area contributed by atoms with Crippen LogP contribution in [0.3, 0.4) is 0 Å². The quantitative estimate of drug-likeness (QED) is 0.219. The second kappa shape index (κ2) is 6.05. The highest BCUT2D eigenvalue weighted by Gasteiger charge is 2.88. The van der Waals surface area contributed by atoms with Crippen molar-refractivity contribution in [3.05, 3.63) is 38.8 Å². The van der Waals surface area contributed by atoms with Crippen molar-refractivity contribution in [2.75, 3.05) is 4.90 Å². The average Bonchev–Trinajstić information content (AvgIpc) is 3.39. The first kappa shape index (κ1) is 20.9. The molecule has 8 atom stereocenters. The lowest BCUT2D eigenvalue weighted by molar-refractivity contribution is -0.123. The van der Waals surface area contributed by atoms with E-state index in [1.807, 2.05) is 0 Å². The Bertz CT molecular complexity index is 1020. The van der Waals surface area contributed by atoms with E-state index >= 15 is 0 Å². The van der Waals surface area contributed by atoms with Gasteiger partial charge >= 0.3 is 0 Å². The number of fused-ring (bicyclic) bond motifs is 12. The molecule has 1 aromatic rings. The number of anilines is 1. The first-order valence-electron chi connectivity index (χ1n) is 9.44. The fourth-order valence-corrected chi connectivity index (χ4v) is 10.4. The number of imide groups is 1. The van der Waals surface area contributed by atoms with Crippen LogP contribution >= 0.6 is 85.5 Å². The number of benzene rings is 1. The average molecular weight is 591 g/mol. The minimum atomic E-state index is -1.64. The van der Waals surface area contributed by atoms with Crippen molar-refractivity contribution < 1.29 is 9.59 Å². The van der Waals surface area contributed by atoms with Crippen molar-refractivity contribution in [1.82, 2.24) is 0 Å². The molecule has 4 bridgehead atoms. The topological polar surface area (TPSA) is 37.4 Å². The number of allylic oxidation sites excluding steroid dienone is 2. The summed E-state index contributed by atoms with van der Waals surface area (Å²) in [7, 11) is 0. The highest BCUT2D eigenvalue weighted by atomic mass is 79.9. The molecular weight excluding hydrogens is 579 g/mol. The van der Waals surface area contributed by atoms with Gasteiger partial charge < -0.3 is 0 Å². The lowest BCUT2D eigenvalue weighted by Gasteiger charge is -2.42. The van der Waals surface area contributed by atoms with E-state index in [1.165, 1.54) is 4.90 Å². The molecule has 2 amide bonds. The monoisotopic (exact) mass is 587 g/mol. The zero-order valence-corrected chi connectivity index (χ0v) is 21.0. The highest BCUT2D eigenvalue weighted by Crippen LogP contribution is 2.84. The van der Waals surface area contributed by atoms with Crippen molar-refractivity contribution in [3.63, 3.8) is 0 Å². The van der Waals surface area contributed by atoms with E-state index in [0.29, 0.717) is 12.1 Å². The van der Waals surface area contributed by atoms with Crippen molar-refractivity contribution >= 4 is 103 Å². The Labute approximate surface area is 211 Å². The van der Waals surface area contributed by atoms with Gasteiger partial charge in [0.25, 0.3) is 0 Å². The smallest absolute Gasteiger partial charge is 0.237 e. The Morgan fingerprint density at radius 2 is 1.27 bits per heavy atom. The van der Waals surface area contributed by atoms with Gasteiger partial charge in [0.15, 0.2) is 4.33 Å². The first-order valence-corrected chi connectivity index (χ1v) is 12.5. The molecule has 0 N–H and O–H groups in total. The van der Waals surface area contributed by atoms with Crippen LogP contribution in [0, 0.1) is 35.5 Å². The Kier molecular flexibility index (Phi) is 4.22. The third-order valence-electron chi connectivity index (χ3n) is 7.92. The molecule has 0 aromatic heterocycles. The summed E-state index contributed by atoms with van der Waals surface area (Å²) >= 11 is 43.9. The maximum Gasteiger partial charge on any atom is 0.237 e. The highest BCUT2D eigenvalue weighted by molar-refractivity contribution is 9.10. The van der Waals surface area contributed by atoms with Crippen molar-refractivity contribution in [1.29, 1.82) is 0 Å². The van der Waals surface area contributed by atoms with E-state index < -0.39 is 25.9 Å². The standard InChI is InChI=1S/C20H12BrCl6NO2/c21-6-1-3-7(4-2-6)28-16(29)10-8-5-9(11(10)17(28)30)13-12(8)18(24)14(22)15(23)19(13,25)20(18,26)27/h1-4,8-13H,5H2/t8-,9+,10-,11+,12-,13-,18+,19+/m1/s1. The molecule has 3 saturated carbocycles. The van der Waals surface area contributed by atoms with Crippen LogP contribution in [-0.4, -0.2) is 25.9 Å². The number of nitrogens with zero attached hydrogens (tertiary/aromatic N) is 1. The van der Waals surface area contributed by atoms with E-state index in [2.05, 4.69) is 15.9 Å². The molecule has 158 valence electrons. The zero-order chi connectivity index (χ0) is 21.5. The number of hydrogen-bond donors (Lipinski definition) is 0. The predicted molar refractivity (Wildman–Crippen MR) is 123 cm³/mol. The third-order valence-corrected chi connectivity index (χ3v) is 12.7. The summed E-state index contributed by atoms with van der Waals surface area (Å²) in [6, 6.07) is 7.09. The third kappa shape index (κ3) is 1.94. The molecule has 4 fully saturated rings. The number of alkyl halides is 4. The maximum atomic E-state index is 13.4. The summed E-state index contributed by atoms with van der Waals surface area (Å²) in [6.07, 6.45) is 0.650. The predicted octanol–water partition coefficient (Wildman–Crippen LogP) is 6.28. The van der Waals surface area contributed by atoms with E-state index in [-0.39, 0.29) is 45.6 Å². The van der Waals surface area contributed by atoms with Crippen LogP contribution in [0.5, 0.6) is 0 Å². The largest absolute Gasteiger partial charge is 0.274 e. The van der Waals surface area contributed by atoms with Gasteiger partial charge in [-0.2, -0.15) is 0 Å². The summed E-state index contributed by atoms with van der Waals surface area (Å²) in [5, 5.41) is 0.301. The second-order valence-corrected chi connectivity index (χ2v) is 13.0. The minimum absolute atomic E-state index is 0.151. The lowest BCUT2D eigenvalue weighted by Crippen LogP contribution is -2.46. The fraction of sp³-hybridized carbons (Fsp3) is 0.500. The molecule has 30 heavy (non-hydrogen) atoms. The number of halogens is 7. The zero-order valence-electron chi connectivity index (χ0n) is 14.9. The Morgan fingerprint density at radius 3 is 1.70 bits per heavy atom. The Balaban J connectivity index is 1.47. The van der Waals surface area contributed by atoms with E-state index in [1.54, 1.807) is 24.3 Å². The molecule has 0 radical (unpaired) electrons. The van der Waals surface area contributed by atoms with Gasteiger partial charge in [-0.15, -0.1) is 23.2 Å². The van der Waals surface area contributed by atoms with Gasteiger partial charge in [0.1, 0.15) is 9.75 Å². The number of carbonyl (C=O) groups excluding carboxylic acids is 2. The summed E-state index contributed by atoms with van der Waals surface area (Å²) < 4.78 is -0.777. The van der Waals surface area contributed by atoms with Crippen LogP contribution in [0.15, 0.2) is 38.8 Å². The summed E-state index contributed by atoms with van der Waals surface area (Å²) in [6.45, 7) is 0. The minimum Gasteiger partial charge on any atom is -0.274 e. The van der Waals surface area contributed by atoms with Gasteiger partial charge in [-0.1, -0.05) is 62.3 Å². The number of carbonyl (C=O) groups is 2. The van der Waals surface area contributed by atoms with Crippen LogP contribution in [0.4, 0.5) is 5.69 Å². The number of rotatable bonds is 1. The molecular formula is C20H12BrCl6NO2. The van der Waals surface area contributed by atoms with Crippen LogP contribution in [0.25, 0.3) is 0 Å². The Hall–Kier alpha value is 0.320. The molecule has 1 aromatic carbocycles. The van der Waals surface area contributed by atoms with Crippen molar-refractivity contribution in [2.24, 2.45) is 35.5 Å². The molecule has 1 aliphatic heterocycles. The van der Waals surface area contributed by atoms with Crippen LogP contribution in [0.2, 0.25) is 0 Å². The SMILES string of the molecule is O=C1[C@@H]2[C@H]3C[C@@H]([C@@H]2C(=O)N1c1ccc(Br)cc1)[C@@H]1[C@@H]3[C@]2(Cl)C(Cl)=C(Cl)[C@]1(Cl)C2(Cl)Cl. The van der Waals surface area contributed by atoms with Crippen molar-refractivity contribution in [2.45, 2.75) is 20.5 Å². The van der Waals surface area contributed by atoms with Crippen LogP contribution in [-0.2, 0) is 9.59 Å². The molecule has 6 rings (SSSR count). The van der Waals surface area contributed by atoms with Gasteiger partial charge in [0.2, 0.25) is 11.8 Å². The van der Waals surface area contributed by atoms with Crippen molar-refractivity contribution in [3.8, 4) is 0 Å². The van der Waals surface area contributed by atoms with E-state index in [4.69, 9.17) is 69.6 Å². The maximum absolute atomic E-state index is 13.4. The lowest BCUT2D eigenvalue weighted by atomic mass is 9.65. The second-order valence-electron chi connectivity index (χ2n) is 8.78. The molecule has 0 spiro atoms. The molecule has 1 heterocycles. The number of amides is 2. The molecule has 1 saturated heterocycles. The van der Waals surface area contributed by atoms with Gasteiger partial charge in [-0.3, -0.25) is 14.5 Å². The molecule has 5 aliphatic rings.